The lowest BCUT2D eigenvalue weighted by Gasteiger charge is -2.23. The third-order valence-corrected chi connectivity index (χ3v) is 4.13. The SMILES string of the molecule is CNC(=O)[C@H](CCCCNC(=O)OCc1ccccc1Cl)NC(=O)OC(C)(C)C. The molecule has 1 rings (SSSR count). The van der Waals surface area contributed by atoms with Crippen LogP contribution in [-0.4, -0.2) is 43.3 Å². The van der Waals surface area contributed by atoms with E-state index in [2.05, 4.69) is 16.0 Å². The Balaban J connectivity index is 2.30. The summed E-state index contributed by atoms with van der Waals surface area (Å²) >= 11 is 6.01. The Morgan fingerprint density at radius 3 is 2.41 bits per heavy atom. The maximum atomic E-state index is 12.0. The highest BCUT2D eigenvalue weighted by Crippen LogP contribution is 2.15. The fourth-order valence-corrected chi connectivity index (χ4v) is 2.56. The number of ether oxygens (including phenoxy) is 2. The predicted octanol–water partition coefficient (Wildman–Crippen LogP) is 3.38. The number of halogens is 1. The Hall–Kier alpha value is -2.48. The molecule has 1 aromatic carbocycles. The first kappa shape index (κ1) is 24.6. The summed E-state index contributed by atoms with van der Waals surface area (Å²) < 4.78 is 10.3. The summed E-state index contributed by atoms with van der Waals surface area (Å²) in [6.45, 7) is 5.71. The Kier molecular flexibility index (Phi) is 10.3. The van der Waals surface area contributed by atoms with Gasteiger partial charge in [-0.05, 0) is 46.1 Å². The second kappa shape index (κ2) is 12.2. The molecule has 0 aliphatic rings. The normalized spacial score (nSPS) is 11.9. The highest BCUT2D eigenvalue weighted by Gasteiger charge is 2.23. The van der Waals surface area contributed by atoms with E-state index in [-0.39, 0.29) is 12.5 Å². The Morgan fingerprint density at radius 1 is 1.10 bits per heavy atom. The van der Waals surface area contributed by atoms with Crippen LogP contribution in [0.1, 0.15) is 45.6 Å². The fourth-order valence-electron chi connectivity index (χ4n) is 2.37. The van der Waals surface area contributed by atoms with Crippen molar-refractivity contribution in [2.45, 2.75) is 58.3 Å². The van der Waals surface area contributed by atoms with Gasteiger partial charge in [-0.15, -0.1) is 0 Å². The summed E-state index contributed by atoms with van der Waals surface area (Å²) in [5.74, 6) is -0.303. The second-order valence-electron chi connectivity index (χ2n) is 7.40. The van der Waals surface area contributed by atoms with Gasteiger partial charge in [0.25, 0.3) is 0 Å². The lowest BCUT2D eigenvalue weighted by atomic mass is 10.1. The van der Waals surface area contributed by atoms with Crippen LogP contribution in [0.15, 0.2) is 24.3 Å². The van der Waals surface area contributed by atoms with Gasteiger partial charge in [-0.1, -0.05) is 29.8 Å². The molecule has 0 aliphatic heterocycles. The average Bonchev–Trinajstić information content (AvgIpc) is 2.64. The molecule has 1 atom stereocenters. The number of carbonyl (C=O) groups excluding carboxylic acids is 3. The van der Waals surface area contributed by atoms with Gasteiger partial charge in [-0.3, -0.25) is 4.79 Å². The summed E-state index contributed by atoms with van der Waals surface area (Å²) in [6, 6.07) is 6.42. The largest absolute Gasteiger partial charge is 0.445 e. The van der Waals surface area contributed by atoms with Gasteiger partial charge in [0.2, 0.25) is 5.91 Å². The number of alkyl carbamates (subject to hydrolysis) is 2. The summed E-state index contributed by atoms with van der Waals surface area (Å²) in [6.07, 6.45) is 0.450. The van der Waals surface area contributed by atoms with Crippen molar-refractivity contribution < 1.29 is 23.9 Å². The quantitative estimate of drug-likeness (QED) is 0.524. The molecule has 3 N–H and O–H groups in total. The highest BCUT2D eigenvalue weighted by molar-refractivity contribution is 6.31. The van der Waals surface area contributed by atoms with E-state index in [0.717, 1.165) is 5.56 Å². The molecular formula is C20H30ClN3O5. The predicted molar refractivity (Wildman–Crippen MR) is 111 cm³/mol. The lowest BCUT2D eigenvalue weighted by molar-refractivity contribution is -0.122. The molecule has 0 bridgehead atoms. The van der Waals surface area contributed by atoms with Crippen molar-refractivity contribution in [1.29, 1.82) is 0 Å². The molecule has 9 heteroatoms. The van der Waals surface area contributed by atoms with E-state index >= 15 is 0 Å². The molecule has 0 saturated heterocycles. The molecule has 29 heavy (non-hydrogen) atoms. The molecule has 3 amide bonds. The van der Waals surface area contributed by atoms with Crippen molar-refractivity contribution in [2.75, 3.05) is 13.6 Å². The van der Waals surface area contributed by atoms with E-state index in [0.29, 0.717) is 30.8 Å². The van der Waals surface area contributed by atoms with E-state index in [4.69, 9.17) is 21.1 Å². The monoisotopic (exact) mass is 427 g/mol. The minimum atomic E-state index is -0.706. The molecule has 0 aromatic heterocycles. The maximum Gasteiger partial charge on any atom is 0.408 e. The van der Waals surface area contributed by atoms with Gasteiger partial charge in [-0.25, -0.2) is 9.59 Å². The number of amides is 3. The number of hydrogen-bond acceptors (Lipinski definition) is 5. The van der Waals surface area contributed by atoms with Crippen LogP contribution in [0.25, 0.3) is 0 Å². The second-order valence-corrected chi connectivity index (χ2v) is 7.81. The van der Waals surface area contributed by atoms with Gasteiger partial charge >= 0.3 is 12.2 Å². The van der Waals surface area contributed by atoms with Gasteiger partial charge in [0, 0.05) is 24.2 Å². The molecule has 162 valence electrons. The summed E-state index contributed by atoms with van der Waals surface area (Å²) in [7, 11) is 1.50. The zero-order valence-electron chi connectivity index (χ0n) is 17.3. The Morgan fingerprint density at radius 2 is 1.79 bits per heavy atom. The number of benzene rings is 1. The van der Waals surface area contributed by atoms with Gasteiger partial charge in [0.05, 0.1) is 0 Å². The van der Waals surface area contributed by atoms with Crippen LogP contribution < -0.4 is 16.0 Å². The maximum absolute atomic E-state index is 12.0. The number of nitrogens with one attached hydrogen (secondary N) is 3. The average molecular weight is 428 g/mol. The van der Waals surface area contributed by atoms with Crippen LogP contribution in [0.3, 0.4) is 0 Å². The lowest BCUT2D eigenvalue weighted by Crippen LogP contribution is -2.47. The molecule has 0 saturated carbocycles. The van der Waals surface area contributed by atoms with Crippen LogP contribution in [0.2, 0.25) is 5.02 Å². The standard InChI is InChI=1S/C20H30ClN3O5/c1-20(2,3)29-19(27)24-16(17(25)22-4)11-7-8-12-23-18(26)28-13-14-9-5-6-10-15(14)21/h5-6,9-10,16H,7-8,11-13H2,1-4H3,(H,22,25)(H,23,26)(H,24,27)/t16-/m0/s1. The molecule has 8 nitrogen and oxygen atoms in total. The summed E-state index contributed by atoms with van der Waals surface area (Å²) in [5, 5.41) is 8.27. The molecule has 1 aromatic rings. The van der Waals surface area contributed by atoms with Crippen molar-refractivity contribution in [3.8, 4) is 0 Å². The Bertz CT molecular complexity index is 691. The van der Waals surface area contributed by atoms with Gasteiger partial charge < -0.3 is 25.4 Å². The molecule has 0 radical (unpaired) electrons. The molecule has 0 fully saturated rings. The zero-order chi connectivity index (χ0) is 21.9. The first-order chi connectivity index (χ1) is 13.6. The number of likely N-dealkylation sites (N-methyl/N-ethyl adjacent to an activating group) is 1. The summed E-state index contributed by atoms with van der Waals surface area (Å²) in [4.78, 5) is 35.6. The molecule has 0 spiro atoms. The van der Waals surface area contributed by atoms with Gasteiger partial charge in [0.15, 0.2) is 0 Å². The number of carbonyl (C=O) groups is 3. The number of hydrogen-bond donors (Lipinski definition) is 3. The van der Waals surface area contributed by atoms with E-state index in [1.54, 1.807) is 39.0 Å². The van der Waals surface area contributed by atoms with Crippen LogP contribution in [0.5, 0.6) is 0 Å². The number of rotatable bonds is 9. The fraction of sp³-hybridized carbons (Fsp3) is 0.550. The van der Waals surface area contributed by atoms with Gasteiger partial charge in [-0.2, -0.15) is 0 Å². The Labute approximate surface area is 176 Å². The van der Waals surface area contributed by atoms with Crippen molar-refractivity contribution in [3.63, 3.8) is 0 Å². The van der Waals surface area contributed by atoms with Crippen LogP contribution >= 0.6 is 11.6 Å². The third kappa shape index (κ3) is 10.6. The van der Waals surface area contributed by atoms with Crippen molar-refractivity contribution >= 4 is 29.7 Å². The van der Waals surface area contributed by atoms with E-state index < -0.39 is 23.8 Å². The first-order valence-corrected chi connectivity index (χ1v) is 9.85. The van der Waals surface area contributed by atoms with E-state index in [1.807, 2.05) is 6.07 Å². The third-order valence-electron chi connectivity index (χ3n) is 3.76. The van der Waals surface area contributed by atoms with Crippen molar-refractivity contribution in [3.05, 3.63) is 34.9 Å². The number of unbranched alkanes of at least 4 members (excludes halogenated alkanes) is 1. The molecule has 0 aliphatic carbocycles. The zero-order valence-corrected chi connectivity index (χ0v) is 18.1. The minimum Gasteiger partial charge on any atom is -0.445 e. The highest BCUT2D eigenvalue weighted by atomic mass is 35.5. The first-order valence-electron chi connectivity index (χ1n) is 9.47. The van der Waals surface area contributed by atoms with E-state index in [1.165, 1.54) is 7.05 Å². The molecular weight excluding hydrogens is 398 g/mol. The topological polar surface area (TPSA) is 106 Å². The smallest absolute Gasteiger partial charge is 0.408 e. The van der Waals surface area contributed by atoms with Crippen LogP contribution in [0.4, 0.5) is 9.59 Å². The van der Waals surface area contributed by atoms with Crippen LogP contribution in [0, 0.1) is 0 Å². The van der Waals surface area contributed by atoms with Crippen molar-refractivity contribution in [1.82, 2.24) is 16.0 Å². The molecule has 0 unspecified atom stereocenters. The van der Waals surface area contributed by atoms with Crippen molar-refractivity contribution in [2.24, 2.45) is 0 Å². The van der Waals surface area contributed by atoms with E-state index in [9.17, 15) is 14.4 Å². The minimum absolute atomic E-state index is 0.0874. The van der Waals surface area contributed by atoms with Crippen LogP contribution in [-0.2, 0) is 20.9 Å². The molecule has 0 heterocycles. The summed E-state index contributed by atoms with van der Waals surface area (Å²) in [5.41, 5.74) is 0.0805. The van der Waals surface area contributed by atoms with Gasteiger partial charge in [0.1, 0.15) is 18.2 Å².